The molecule has 0 saturated heterocycles. The molecule has 0 aromatic rings. The normalized spacial score (nSPS) is 24.7. The van der Waals surface area contributed by atoms with Crippen LogP contribution in [0.25, 0.3) is 0 Å². The zero-order valence-corrected chi connectivity index (χ0v) is 9.16. The summed E-state index contributed by atoms with van der Waals surface area (Å²) in [7, 11) is 3.41. The molecule has 0 radical (unpaired) electrons. The van der Waals surface area contributed by atoms with Crippen LogP contribution < -0.4 is 0 Å². The zero-order valence-electron chi connectivity index (χ0n) is 9.16. The summed E-state index contributed by atoms with van der Waals surface area (Å²) in [6, 6.07) is 0. The largest absolute Gasteiger partial charge is 0.505 e. The van der Waals surface area contributed by atoms with Crippen LogP contribution in [0.4, 0.5) is 0 Å². The molecule has 2 heteroatoms. The molecule has 1 atom stereocenters. The Morgan fingerprint density at radius 3 is 2.93 bits per heavy atom. The summed E-state index contributed by atoms with van der Waals surface area (Å²) in [4.78, 5) is 0. The quantitative estimate of drug-likeness (QED) is 0.628. The summed E-state index contributed by atoms with van der Waals surface area (Å²) in [6.07, 6.45) is 11.9. The Hall–Kier alpha value is -0.920. The van der Waals surface area contributed by atoms with Gasteiger partial charge in [-0.15, -0.1) is 0 Å². The number of hydrogen-bond acceptors (Lipinski definition) is 2. The summed E-state index contributed by atoms with van der Waals surface area (Å²) in [5.41, 5.74) is 1.47. The third kappa shape index (κ3) is 3.86. The van der Waals surface area contributed by atoms with E-state index in [0.717, 1.165) is 12.3 Å². The third-order valence-electron chi connectivity index (χ3n) is 2.68. The SMILES string of the molecule is COC=CCCC1CCC(=COC)C1. The van der Waals surface area contributed by atoms with Crippen LogP contribution in [0.1, 0.15) is 32.1 Å². The van der Waals surface area contributed by atoms with Crippen molar-refractivity contribution < 1.29 is 9.47 Å². The van der Waals surface area contributed by atoms with Crippen LogP contribution in [0, 0.1) is 5.92 Å². The van der Waals surface area contributed by atoms with Gasteiger partial charge in [0, 0.05) is 0 Å². The first kappa shape index (κ1) is 11.2. The second kappa shape index (κ2) is 6.52. The molecule has 0 bridgehead atoms. The highest BCUT2D eigenvalue weighted by Gasteiger charge is 2.18. The van der Waals surface area contributed by atoms with E-state index in [2.05, 4.69) is 6.08 Å². The monoisotopic (exact) mass is 196 g/mol. The molecule has 0 aromatic heterocycles. The van der Waals surface area contributed by atoms with Crippen LogP contribution in [0.2, 0.25) is 0 Å². The molecule has 1 aliphatic rings. The molecule has 0 amide bonds. The van der Waals surface area contributed by atoms with Gasteiger partial charge in [-0.3, -0.25) is 0 Å². The van der Waals surface area contributed by atoms with Gasteiger partial charge in [-0.2, -0.15) is 0 Å². The van der Waals surface area contributed by atoms with E-state index in [9.17, 15) is 0 Å². The van der Waals surface area contributed by atoms with Gasteiger partial charge >= 0.3 is 0 Å². The Kier molecular flexibility index (Phi) is 5.20. The van der Waals surface area contributed by atoms with Crippen molar-refractivity contribution in [3.8, 4) is 0 Å². The van der Waals surface area contributed by atoms with Crippen LogP contribution in [-0.2, 0) is 9.47 Å². The standard InChI is InChI=1S/C12H20O2/c1-13-8-4-3-5-11-6-7-12(9-11)10-14-2/h4,8,10-11H,3,5-7,9H2,1-2H3. The van der Waals surface area contributed by atoms with Gasteiger partial charge in [0.25, 0.3) is 0 Å². The Morgan fingerprint density at radius 2 is 2.21 bits per heavy atom. The molecule has 0 aromatic carbocycles. The molecule has 1 rings (SSSR count). The molecule has 1 unspecified atom stereocenters. The summed E-state index contributed by atoms with van der Waals surface area (Å²) in [6.45, 7) is 0. The Bertz CT molecular complexity index is 206. The van der Waals surface area contributed by atoms with Crippen molar-refractivity contribution in [1.29, 1.82) is 0 Å². The zero-order chi connectivity index (χ0) is 10.2. The number of rotatable bonds is 5. The lowest BCUT2D eigenvalue weighted by molar-refractivity contribution is 0.332. The average molecular weight is 196 g/mol. The fourth-order valence-corrected chi connectivity index (χ4v) is 1.98. The number of allylic oxidation sites excluding steroid dienone is 2. The van der Waals surface area contributed by atoms with E-state index in [1.165, 1.54) is 31.3 Å². The second-order valence-corrected chi connectivity index (χ2v) is 3.81. The van der Waals surface area contributed by atoms with Crippen LogP contribution in [0.5, 0.6) is 0 Å². The van der Waals surface area contributed by atoms with Gasteiger partial charge in [-0.1, -0.05) is 0 Å². The van der Waals surface area contributed by atoms with Crippen LogP contribution in [0.3, 0.4) is 0 Å². The lowest BCUT2D eigenvalue weighted by atomic mass is 10.0. The van der Waals surface area contributed by atoms with Gasteiger partial charge in [0.1, 0.15) is 0 Å². The molecule has 1 saturated carbocycles. The fourth-order valence-electron chi connectivity index (χ4n) is 1.98. The molecule has 0 spiro atoms. The van der Waals surface area contributed by atoms with Gasteiger partial charge in [0.05, 0.1) is 26.7 Å². The van der Waals surface area contributed by atoms with E-state index < -0.39 is 0 Å². The maximum atomic E-state index is 5.02. The first-order valence-corrected chi connectivity index (χ1v) is 5.25. The van der Waals surface area contributed by atoms with E-state index >= 15 is 0 Å². The molecule has 0 heterocycles. The van der Waals surface area contributed by atoms with Crippen LogP contribution in [0.15, 0.2) is 24.2 Å². The molecule has 80 valence electrons. The molecule has 0 N–H and O–H groups in total. The topological polar surface area (TPSA) is 18.5 Å². The Balaban J connectivity index is 2.16. The van der Waals surface area contributed by atoms with Crippen molar-refractivity contribution in [2.24, 2.45) is 5.92 Å². The van der Waals surface area contributed by atoms with Crippen molar-refractivity contribution in [2.45, 2.75) is 32.1 Å². The fraction of sp³-hybridized carbons (Fsp3) is 0.667. The van der Waals surface area contributed by atoms with Gasteiger partial charge in [0.15, 0.2) is 0 Å². The van der Waals surface area contributed by atoms with Crippen LogP contribution in [-0.4, -0.2) is 14.2 Å². The van der Waals surface area contributed by atoms with Crippen molar-refractivity contribution in [3.63, 3.8) is 0 Å². The summed E-state index contributed by atoms with van der Waals surface area (Å²) in [5.74, 6) is 0.845. The van der Waals surface area contributed by atoms with Crippen LogP contribution >= 0.6 is 0 Å². The minimum Gasteiger partial charge on any atom is -0.505 e. The highest BCUT2D eigenvalue weighted by atomic mass is 16.5. The van der Waals surface area contributed by atoms with Gasteiger partial charge in [-0.05, 0) is 49.7 Å². The predicted molar refractivity (Wildman–Crippen MR) is 57.8 cm³/mol. The summed E-state index contributed by atoms with van der Waals surface area (Å²) >= 11 is 0. The van der Waals surface area contributed by atoms with Gasteiger partial charge < -0.3 is 9.47 Å². The average Bonchev–Trinajstić information content (AvgIpc) is 2.61. The molecule has 0 aliphatic heterocycles. The maximum absolute atomic E-state index is 5.02. The molecule has 1 fully saturated rings. The Morgan fingerprint density at radius 1 is 1.36 bits per heavy atom. The van der Waals surface area contributed by atoms with E-state index in [-0.39, 0.29) is 0 Å². The highest BCUT2D eigenvalue weighted by molar-refractivity contribution is 5.05. The number of hydrogen-bond donors (Lipinski definition) is 0. The smallest absolute Gasteiger partial charge is 0.0816 e. The Labute approximate surface area is 86.6 Å². The van der Waals surface area contributed by atoms with E-state index in [4.69, 9.17) is 9.47 Å². The van der Waals surface area contributed by atoms with Gasteiger partial charge in [-0.25, -0.2) is 0 Å². The van der Waals surface area contributed by atoms with Gasteiger partial charge in [0.2, 0.25) is 0 Å². The minimum absolute atomic E-state index is 0.845. The second-order valence-electron chi connectivity index (χ2n) is 3.81. The molecule has 1 aliphatic carbocycles. The lowest BCUT2D eigenvalue weighted by Gasteiger charge is -2.04. The van der Waals surface area contributed by atoms with Crippen molar-refractivity contribution in [3.05, 3.63) is 24.2 Å². The number of ether oxygens (including phenoxy) is 2. The lowest BCUT2D eigenvalue weighted by Crippen LogP contribution is -1.91. The van der Waals surface area contributed by atoms with E-state index in [1.807, 2.05) is 6.26 Å². The molecule has 2 nitrogen and oxygen atoms in total. The maximum Gasteiger partial charge on any atom is 0.0816 e. The van der Waals surface area contributed by atoms with Crippen molar-refractivity contribution in [1.82, 2.24) is 0 Å². The predicted octanol–water partition coefficient (Wildman–Crippen LogP) is 3.26. The summed E-state index contributed by atoms with van der Waals surface area (Å²) < 4.78 is 9.88. The molecule has 14 heavy (non-hydrogen) atoms. The first-order valence-electron chi connectivity index (χ1n) is 5.25. The highest BCUT2D eigenvalue weighted by Crippen LogP contribution is 2.33. The van der Waals surface area contributed by atoms with E-state index in [0.29, 0.717) is 0 Å². The third-order valence-corrected chi connectivity index (χ3v) is 2.68. The summed E-state index contributed by atoms with van der Waals surface area (Å²) in [5, 5.41) is 0. The molecular formula is C12H20O2. The first-order chi connectivity index (χ1) is 6.86. The van der Waals surface area contributed by atoms with Crippen molar-refractivity contribution >= 4 is 0 Å². The molecular weight excluding hydrogens is 176 g/mol. The number of methoxy groups -OCH3 is 2. The van der Waals surface area contributed by atoms with Crippen molar-refractivity contribution in [2.75, 3.05) is 14.2 Å². The van der Waals surface area contributed by atoms with E-state index in [1.54, 1.807) is 20.5 Å². The minimum atomic E-state index is 0.845.